The standard InChI is InChI=1S/C21H27NO3/c1-21(2,3)17-8-4-15(5-9-17)7-11-20(25)22-13-12-16-6-10-18(23)19(24)14-16/h4-6,8-10,14,23-24H,7,11-13H2,1-3H3,(H,22,25). The quantitative estimate of drug-likeness (QED) is 0.702. The third kappa shape index (κ3) is 5.82. The molecule has 3 N–H and O–H groups in total. The van der Waals surface area contributed by atoms with E-state index >= 15 is 0 Å². The number of hydrogen-bond donors (Lipinski definition) is 3. The molecule has 0 unspecified atom stereocenters. The van der Waals surface area contributed by atoms with Crippen LogP contribution in [0.4, 0.5) is 0 Å². The molecule has 2 aromatic rings. The lowest BCUT2D eigenvalue weighted by molar-refractivity contribution is -0.121. The van der Waals surface area contributed by atoms with E-state index < -0.39 is 0 Å². The Morgan fingerprint density at radius 1 is 0.920 bits per heavy atom. The molecule has 0 spiro atoms. The van der Waals surface area contributed by atoms with Crippen molar-refractivity contribution in [3.8, 4) is 11.5 Å². The number of hydrogen-bond acceptors (Lipinski definition) is 3. The fourth-order valence-electron chi connectivity index (χ4n) is 2.59. The summed E-state index contributed by atoms with van der Waals surface area (Å²) in [5.74, 6) is -0.254. The largest absolute Gasteiger partial charge is 0.504 e. The minimum absolute atomic E-state index is 0.0166. The number of benzene rings is 2. The molecule has 134 valence electrons. The molecule has 4 heteroatoms. The molecule has 0 bridgehead atoms. The second kappa shape index (κ2) is 8.06. The summed E-state index contributed by atoms with van der Waals surface area (Å²) in [6, 6.07) is 13.1. The Morgan fingerprint density at radius 2 is 1.56 bits per heavy atom. The van der Waals surface area contributed by atoms with E-state index in [1.54, 1.807) is 6.07 Å². The Kier molecular flexibility index (Phi) is 6.07. The van der Waals surface area contributed by atoms with Gasteiger partial charge in [0, 0.05) is 13.0 Å². The third-order valence-electron chi connectivity index (χ3n) is 4.24. The monoisotopic (exact) mass is 341 g/mol. The molecule has 0 aliphatic rings. The summed E-state index contributed by atoms with van der Waals surface area (Å²) in [4.78, 5) is 12.0. The number of nitrogens with one attached hydrogen (secondary N) is 1. The lowest BCUT2D eigenvalue weighted by Crippen LogP contribution is -2.25. The Morgan fingerprint density at radius 3 is 2.16 bits per heavy atom. The van der Waals surface area contributed by atoms with Gasteiger partial charge in [0.2, 0.25) is 5.91 Å². The third-order valence-corrected chi connectivity index (χ3v) is 4.24. The summed E-state index contributed by atoms with van der Waals surface area (Å²) in [6.45, 7) is 7.06. The van der Waals surface area contributed by atoms with Gasteiger partial charge in [-0.05, 0) is 47.1 Å². The van der Waals surface area contributed by atoms with Gasteiger partial charge in [-0.3, -0.25) is 4.79 Å². The Labute approximate surface area is 149 Å². The van der Waals surface area contributed by atoms with Gasteiger partial charge in [-0.15, -0.1) is 0 Å². The first-order chi connectivity index (χ1) is 11.8. The second-order valence-corrected chi connectivity index (χ2v) is 7.37. The number of phenolic OH excluding ortho intramolecular Hbond substituents is 2. The van der Waals surface area contributed by atoms with Crippen molar-refractivity contribution in [3.05, 3.63) is 59.2 Å². The van der Waals surface area contributed by atoms with Crippen molar-refractivity contribution in [3.63, 3.8) is 0 Å². The van der Waals surface area contributed by atoms with Gasteiger partial charge in [-0.1, -0.05) is 51.1 Å². The highest BCUT2D eigenvalue weighted by molar-refractivity contribution is 5.76. The first-order valence-corrected chi connectivity index (χ1v) is 8.62. The lowest BCUT2D eigenvalue weighted by Gasteiger charge is -2.19. The number of phenols is 2. The smallest absolute Gasteiger partial charge is 0.220 e. The zero-order chi connectivity index (χ0) is 18.4. The van der Waals surface area contributed by atoms with Crippen molar-refractivity contribution in [1.29, 1.82) is 0 Å². The molecule has 0 fully saturated rings. The van der Waals surface area contributed by atoms with Crippen LogP contribution in [-0.2, 0) is 23.1 Å². The van der Waals surface area contributed by atoms with E-state index in [1.807, 2.05) is 0 Å². The lowest BCUT2D eigenvalue weighted by atomic mass is 9.86. The molecule has 0 heterocycles. The topological polar surface area (TPSA) is 69.6 Å². The molecule has 2 rings (SSSR count). The van der Waals surface area contributed by atoms with E-state index in [9.17, 15) is 15.0 Å². The Hall–Kier alpha value is -2.49. The maximum Gasteiger partial charge on any atom is 0.220 e. The van der Waals surface area contributed by atoms with Gasteiger partial charge < -0.3 is 15.5 Å². The Balaban J connectivity index is 1.74. The summed E-state index contributed by atoms with van der Waals surface area (Å²) in [5, 5.41) is 21.6. The highest BCUT2D eigenvalue weighted by Crippen LogP contribution is 2.25. The normalized spacial score (nSPS) is 11.3. The predicted molar refractivity (Wildman–Crippen MR) is 99.9 cm³/mol. The van der Waals surface area contributed by atoms with Crippen LogP contribution in [0.25, 0.3) is 0 Å². The van der Waals surface area contributed by atoms with Crippen molar-refractivity contribution in [1.82, 2.24) is 5.32 Å². The minimum atomic E-state index is -0.137. The average molecular weight is 341 g/mol. The van der Waals surface area contributed by atoms with Gasteiger partial charge in [0.25, 0.3) is 0 Å². The van der Waals surface area contributed by atoms with Gasteiger partial charge in [-0.2, -0.15) is 0 Å². The summed E-state index contributed by atoms with van der Waals surface area (Å²) >= 11 is 0. The molecule has 0 radical (unpaired) electrons. The first-order valence-electron chi connectivity index (χ1n) is 8.62. The number of aryl methyl sites for hydroxylation is 1. The maximum absolute atomic E-state index is 12.0. The molecule has 0 saturated heterocycles. The second-order valence-electron chi connectivity index (χ2n) is 7.37. The maximum atomic E-state index is 12.0. The SMILES string of the molecule is CC(C)(C)c1ccc(CCC(=O)NCCc2ccc(O)c(O)c2)cc1. The van der Waals surface area contributed by atoms with Crippen LogP contribution in [0.3, 0.4) is 0 Å². The van der Waals surface area contributed by atoms with Crippen molar-refractivity contribution in [2.75, 3.05) is 6.54 Å². The number of rotatable bonds is 6. The van der Waals surface area contributed by atoms with Crippen LogP contribution in [0.2, 0.25) is 0 Å². The molecule has 0 aliphatic carbocycles. The van der Waals surface area contributed by atoms with Gasteiger partial charge >= 0.3 is 0 Å². The van der Waals surface area contributed by atoms with Gasteiger partial charge in [0.1, 0.15) is 0 Å². The molecular formula is C21H27NO3. The zero-order valence-electron chi connectivity index (χ0n) is 15.2. The van der Waals surface area contributed by atoms with E-state index in [4.69, 9.17) is 0 Å². The molecule has 0 aliphatic heterocycles. The minimum Gasteiger partial charge on any atom is -0.504 e. The summed E-state index contributed by atoms with van der Waals surface area (Å²) in [6.07, 6.45) is 1.78. The summed E-state index contributed by atoms with van der Waals surface area (Å²) in [5.41, 5.74) is 3.45. The van der Waals surface area contributed by atoms with Crippen LogP contribution < -0.4 is 5.32 Å². The molecule has 0 atom stereocenters. The molecule has 25 heavy (non-hydrogen) atoms. The van der Waals surface area contributed by atoms with Crippen LogP contribution >= 0.6 is 0 Å². The number of carbonyl (C=O) groups excluding carboxylic acids is 1. The van der Waals surface area contributed by atoms with E-state index in [0.717, 1.165) is 17.5 Å². The van der Waals surface area contributed by atoms with Crippen LogP contribution in [0.5, 0.6) is 11.5 Å². The molecule has 4 nitrogen and oxygen atoms in total. The first kappa shape index (κ1) is 18.8. The average Bonchev–Trinajstić information content (AvgIpc) is 2.56. The molecule has 0 aromatic heterocycles. The van der Waals surface area contributed by atoms with Crippen LogP contribution in [-0.4, -0.2) is 22.7 Å². The van der Waals surface area contributed by atoms with Gasteiger partial charge in [0.15, 0.2) is 11.5 Å². The highest BCUT2D eigenvalue weighted by Gasteiger charge is 2.13. The van der Waals surface area contributed by atoms with E-state index in [-0.39, 0.29) is 22.8 Å². The van der Waals surface area contributed by atoms with Gasteiger partial charge in [-0.25, -0.2) is 0 Å². The summed E-state index contributed by atoms with van der Waals surface area (Å²) < 4.78 is 0. The number of amides is 1. The number of aromatic hydroxyl groups is 2. The van der Waals surface area contributed by atoms with E-state index in [0.29, 0.717) is 19.4 Å². The highest BCUT2D eigenvalue weighted by atomic mass is 16.3. The van der Waals surface area contributed by atoms with E-state index in [1.165, 1.54) is 17.7 Å². The fourth-order valence-corrected chi connectivity index (χ4v) is 2.59. The Bertz CT molecular complexity index is 715. The summed E-state index contributed by atoms with van der Waals surface area (Å²) in [7, 11) is 0. The van der Waals surface area contributed by atoms with Crippen LogP contribution in [0.15, 0.2) is 42.5 Å². The van der Waals surface area contributed by atoms with Crippen molar-refractivity contribution in [2.24, 2.45) is 0 Å². The molecule has 2 aromatic carbocycles. The zero-order valence-corrected chi connectivity index (χ0v) is 15.2. The van der Waals surface area contributed by atoms with Crippen LogP contribution in [0.1, 0.15) is 43.9 Å². The predicted octanol–water partition coefficient (Wildman–Crippen LogP) is 3.69. The van der Waals surface area contributed by atoms with Crippen molar-refractivity contribution >= 4 is 5.91 Å². The van der Waals surface area contributed by atoms with Crippen molar-refractivity contribution in [2.45, 2.75) is 45.4 Å². The molecule has 1 amide bonds. The number of carbonyl (C=O) groups is 1. The molecular weight excluding hydrogens is 314 g/mol. The van der Waals surface area contributed by atoms with Gasteiger partial charge in [0.05, 0.1) is 0 Å². The van der Waals surface area contributed by atoms with Crippen molar-refractivity contribution < 1.29 is 15.0 Å². The molecule has 0 saturated carbocycles. The van der Waals surface area contributed by atoms with E-state index in [2.05, 4.69) is 50.4 Å². The fraction of sp³-hybridized carbons (Fsp3) is 0.381. The van der Waals surface area contributed by atoms with Crippen LogP contribution in [0, 0.1) is 0 Å².